The van der Waals surface area contributed by atoms with Crippen LogP contribution < -0.4 is 0 Å². The zero-order chi connectivity index (χ0) is 59.2. The van der Waals surface area contributed by atoms with Gasteiger partial charge in [0.15, 0.2) is 6.10 Å². The van der Waals surface area contributed by atoms with E-state index < -0.39 is 6.10 Å². The Balaban J connectivity index is 4.15. The van der Waals surface area contributed by atoms with Crippen molar-refractivity contribution in [2.45, 2.75) is 444 Å². The van der Waals surface area contributed by atoms with Crippen molar-refractivity contribution in [1.82, 2.24) is 0 Å². The van der Waals surface area contributed by atoms with E-state index in [0.717, 1.165) is 57.8 Å². The second-order valence-electron chi connectivity index (χ2n) is 25.9. The molecule has 0 bridgehead atoms. The molecule has 486 valence electrons. The van der Waals surface area contributed by atoms with Crippen LogP contribution in [-0.2, 0) is 28.6 Å². The third-order valence-corrected chi connectivity index (χ3v) is 17.5. The first-order chi connectivity index (χ1) is 40.5. The van der Waals surface area contributed by atoms with Gasteiger partial charge in [-0.15, -0.1) is 0 Å². The number of esters is 3. The van der Waals surface area contributed by atoms with Crippen molar-refractivity contribution in [2.75, 3.05) is 13.2 Å². The lowest BCUT2D eigenvalue weighted by atomic mass is 10.0. The highest BCUT2D eigenvalue weighted by Crippen LogP contribution is 2.20. The van der Waals surface area contributed by atoms with Crippen molar-refractivity contribution in [1.29, 1.82) is 0 Å². The van der Waals surface area contributed by atoms with Crippen LogP contribution in [0.2, 0.25) is 0 Å². The minimum Gasteiger partial charge on any atom is -0.462 e. The highest BCUT2D eigenvalue weighted by molar-refractivity contribution is 5.71. The molecular formula is C76H146O6. The zero-order valence-corrected chi connectivity index (χ0v) is 56.1. The summed E-state index contributed by atoms with van der Waals surface area (Å²) < 4.78 is 17.0. The fraction of sp³-hybridized carbons (Fsp3) is 0.934. The van der Waals surface area contributed by atoms with E-state index in [9.17, 15) is 14.4 Å². The first-order valence-electron chi connectivity index (χ1n) is 37.7. The van der Waals surface area contributed by atoms with Gasteiger partial charge in [-0.1, -0.05) is 386 Å². The molecule has 0 fully saturated rings. The van der Waals surface area contributed by atoms with Gasteiger partial charge in [0.2, 0.25) is 0 Å². The number of hydrogen-bond acceptors (Lipinski definition) is 6. The van der Waals surface area contributed by atoms with Crippen molar-refractivity contribution in [3.8, 4) is 0 Å². The van der Waals surface area contributed by atoms with Gasteiger partial charge in [-0.3, -0.25) is 14.4 Å². The predicted molar refractivity (Wildman–Crippen MR) is 358 cm³/mol. The molecule has 0 N–H and O–H groups in total. The molecule has 0 aliphatic carbocycles. The van der Waals surface area contributed by atoms with E-state index >= 15 is 0 Å². The molecule has 0 rings (SSSR count). The summed E-state index contributed by atoms with van der Waals surface area (Å²) in [4.78, 5) is 38.5. The largest absolute Gasteiger partial charge is 0.462 e. The van der Waals surface area contributed by atoms with Gasteiger partial charge >= 0.3 is 17.9 Å². The van der Waals surface area contributed by atoms with Gasteiger partial charge in [0.1, 0.15) is 13.2 Å². The summed E-state index contributed by atoms with van der Waals surface area (Å²) in [5.41, 5.74) is 0. The molecule has 0 saturated carbocycles. The monoisotopic (exact) mass is 1160 g/mol. The van der Waals surface area contributed by atoms with Gasteiger partial charge in [-0.05, 0) is 44.9 Å². The number of rotatable bonds is 71. The fourth-order valence-corrected chi connectivity index (χ4v) is 11.9. The predicted octanol–water partition coefficient (Wildman–Crippen LogP) is 26.0. The van der Waals surface area contributed by atoms with Crippen molar-refractivity contribution >= 4 is 17.9 Å². The Hall–Kier alpha value is -1.85. The van der Waals surface area contributed by atoms with Crippen LogP contribution in [0.3, 0.4) is 0 Å². The minimum atomic E-state index is -0.766. The van der Waals surface area contributed by atoms with E-state index in [4.69, 9.17) is 14.2 Å². The average Bonchev–Trinajstić information content (AvgIpc) is 3.47. The number of hydrogen-bond donors (Lipinski definition) is 0. The van der Waals surface area contributed by atoms with Crippen molar-refractivity contribution in [2.24, 2.45) is 0 Å². The summed E-state index contributed by atoms with van der Waals surface area (Å²) in [7, 11) is 0. The number of ether oxygens (including phenoxy) is 3. The molecule has 0 aromatic carbocycles. The van der Waals surface area contributed by atoms with Gasteiger partial charge < -0.3 is 14.2 Å². The Morgan fingerprint density at radius 3 is 0.610 bits per heavy atom. The Labute approximate surface area is 513 Å². The molecule has 0 aromatic rings. The third-order valence-electron chi connectivity index (χ3n) is 17.5. The zero-order valence-electron chi connectivity index (χ0n) is 56.1. The van der Waals surface area contributed by atoms with Crippen molar-refractivity contribution in [3.05, 3.63) is 12.2 Å². The summed E-state index contributed by atoms with van der Waals surface area (Å²) in [5.74, 6) is -0.825. The first-order valence-corrected chi connectivity index (χ1v) is 37.7. The smallest absolute Gasteiger partial charge is 0.306 e. The molecule has 0 aliphatic heterocycles. The minimum absolute atomic E-state index is 0.0625. The Bertz CT molecular complexity index is 1280. The number of carbonyl (C=O) groups is 3. The third kappa shape index (κ3) is 68.9. The Kier molecular flexibility index (Phi) is 70.0. The number of carbonyl (C=O) groups excluding carboxylic acids is 3. The first kappa shape index (κ1) is 80.2. The van der Waals surface area contributed by atoms with Crippen LogP contribution in [0.5, 0.6) is 0 Å². The molecule has 0 amide bonds. The molecule has 0 radical (unpaired) electrons. The second kappa shape index (κ2) is 71.6. The quantitative estimate of drug-likeness (QED) is 0.0261. The second-order valence-corrected chi connectivity index (χ2v) is 25.9. The molecule has 1 unspecified atom stereocenters. The Morgan fingerprint density at radius 2 is 0.402 bits per heavy atom. The van der Waals surface area contributed by atoms with Gasteiger partial charge in [-0.25, -0.2) is 0 Å². The highest BCUT2D eigenvalue weighted by Gasteiger charge is 2.20. The van der Waals surface area contributed by atoms with Crippen LogP contribution in [0.15, 0.2) is 12.2 Å². The standard InChI is InChI=1S/C76H146O6/c1-4-7-10-13-16-19-22-25-27-29-31-33-35-37-38-40-41-43-45-47-49-51-54-57-60-63-66-69-75(78)81-72-73(71-80-74(77)68-65-62-59-56-53-24-21-18-15-12-9-6-3)82-76(79)70-67-64-61-58-55-52-50-48-46-44-42-39-36-34-32-30-28-26-23-20-17-14-11-8-5-2/h30,32,73H,4-29,31,33-72H2,1-3H3/b32-30-. The molecule has 0 heterocycles. The van der Waals surface area contributed by atoms with E-state index in [-0.39, 0.29) is 31.1 Å². The maximum Gasteiger partial charge on any atom is 0.306 e. The van der Waals surface area contributed by atoms with E-state index in [1.54, 1.807) is 0 Å². The highest BCUT2D eigenvalue weighted by atomic mass is 16.6. The van der Waals surface area contributed by atoms with Crippen LogP contribution >= 0.6 is 0 Å². The molecule has 6 nitrogen and oxygen atoms in total. The van der Waals surface area contributed by atoms with Gasteiger partial charge in [0.25, 0.3) is 0 Å². The molecule has 1 atom stereocenters. The van der Waals surface area contributed by atoms with Crippen LogP contribution in [-0.4, -0.2) is 37.2 Å². The van der Waals surface area contributed by atoms with E-state index in [1.165, 1.54) is 340 Å². The van der Waals surface area contributed by atoms with Gasteiger partial charge in [0.05, 0.1) is 0 Å². The van der Waals surface area contributed by atoms with Crippen LogP contribution in [0, 0.1) is 0 Å². The van der Waals surface area contributed by atoms with Crippen LogP contribution in [0.1, 0.15) is 438 Å². The summed E-state index contributed by atoms with van der Waals surface area (Å²) in [6.45, 7) is 6.73. The number of allylic oxidation sites excluding steroid dienone is 2. The SMILES string of the molecule is CCCCCCCCCC/C=C\CCCCCCCCCCCCCCCC(=O)OC(COC(=O)CCCCCCCCCCCCCC)COC(=O)CCCCCCCCCCCCCCCCCCCCCCCCCCCCC. The lowest BCUT2D eigenvalue weighted by Gasteiger charge is -2.18. The topological polar surface area (TPSA) is 78.9 Å². The average molecular weight is 1160 g/mol. The maximum atomic E-state index is 13.0. The maximum absolute atomic E-state index is 13.0. The fourth-order valence-electron chi connectivity index (χ4n) is 11.9. The summed E-state index contributed by atoms with van der Waals surface area (Å²) in [6.07, 6.45) is 87.0. The molecule has 82 heavy (non-hydrogen) atoms. The van der Waals surface area contributed by atoms with Crippen LogP contribution in [0.4, 0.5) is 0 Å². The van der Waals surface area contributed by atoms with Crippen molar-refractivity contribution in [3.63, 3.8) is 0 Å². The van der Waals surface area contributed by atoms with Crippen molar-refractivity contribution < 1.29 is 28.6 Å². The van der Waals surface area contributed by atoms with Crippen LogP contribution in [0.25, 0.3) is 0 Å². The van der Waals surface area contributed by atoms with Gasteiger partial charge in [-0.2, -0.15) is 0 Å². The lowest BCUT2D eigenvalue weighted by Crippen LogP contribution is -2.30. The number of unbranched alkanes of at least 4 members (excludes halogenated alkanes) is 58. The molecule has 0 aromatic heterocycles. The Morgan fingerprint density at radius 1 is 0.232 bits per heavy atom. The summed E-state index contributed by atoms with van der Waals surface area (Å²) in [5, 5.41) is 0. The molecule has 6 heteroatoms. The van der Waals surface area contributed by atoms with E-state index in [2.05, 4.69) is 32.9 Å². The molecule has 0 aliphatic rings. The van der Waals surface area contributed by atoms with E-state index in [0.29, 0.717) is 19.3 Å². The molecular weight excluding hydrogens is 1010 g/mol. The molecule has 0 spiro atoms. The van der Waals surface area contributed by atoms with Gasteiger partial charge in [0, 0.05) is 19.3 Å². The van der Waals surface area contributed by atoms with E-state index in [1.807, 2.05) is 0 Å². The summed E-state index contributed by atoms with van der Waals surface area (Å²) >= 11 is 0. The normalized spacial score (nSPS) is 12.0. The summed E-state index contributed by atoms with van der Waals surface area (Å²) in [6, 6.07) is 0. The molecule has 0 saturated heterocycles. The lowest BCUT2D eigenvalue weighted by molar-refractivity contribution is -0.167.